The van der Waals surface area contributed by atoms with E-state index in [9.17, 15) is 19.2 Å². The first-order valence-electron chi connectivity index (χ1n) is 14.1. The minimum absolute atomic E-state index is 0.0838. The minimum Gasteiger partial charge on any atom is -0.324 e. The summed E-state index contributed by atoms with van der Waals surface area (Å²) in [6.45, 7) is 1.44. The van der Waals surface area contributed by atoms with Crippen molar-refractivity contribution in [3.05, 3.63) is 137 Å². The molecule has 1 fully saturated rings. The SMILES string of the molecule is CC(=O)c1cccc(NC(=O)[C@H](Cc2ccccc2)N2C(=O)[C@@H]3[C@H](C2=O)C2(Cl)c4ccccc4C3(Cl)c3ccccc32)c1. The number of Topliss-reactive ketones (excluding diaryl/α,β-unsaturated/α-hetero) is 1. The van der Waals surface area contributed by atoms with Crippen LogP contribution in [0, 0.1) is 11.8 Å². The lowest BCUT2D eigenvalue weighted by Gasteiger charge is -2.54. The Balaban J connectivity index is 1.35. The van der Waals surface area contributed by atoms with Crippen LogP contribution in [-0.2, 0) is 30.6 Å². The highest BCUT2D eigenvalue weighted by atomic mass is 35.5. The summed E-state index contributed by atoms with van der Waals surface area (Å²) in [4.78, 5) is 53.6. The number of imide groups is 1. The first kappa shape index (κ1) is 27.6. The van der Waals surface area contributed by atoms with Crippen molar-refractivity contribution in [2.24, 2.45) is 11.8 Å². The van der Waals surface area contributed by atoms with Gasteiger partial charge in [0.15, 0.2) is 5.78 Å². The Morgan fingerprint density at radius 2 is 1.23 bits per heavy atom. The number of rotatable bonds is 6. The van der Waals surface area contributed by atoms with Crippen molar-refractivity contribution in [2.75, 3.05) is 5.32 Å². The summed E-state index contributed by atoms with van der Waals surface area (Å²) >= 11 is 15.2. The topological polar surface area (TPSA) is 83.6 Å². The van der Waals surface area contributed by atoms with E-state index in [1.807, 2.05) is 78.9 Å². The number of nitrogens with one attached hydrogen (secondary N) is 1. The predicted molar refractivity (Wildman–Crippen MR) is 164 cm³/mol. The fourth-order valence-electron chi connectivity index (χ4n) is 7.18. The molecule has 6 nitrogen and oxygen atoms in total. The van der Waals surface area contributed by atoms with Crippen LogP contribution in [0.1, 0.15) is 45.1 Å². The number of benzene rings is 4. The molecule has 214 valence electrons. The first-order chi connectivity index (χ1) is 20.7. The lowest BCUT2D eigenvalue weighted by Crippen LogP contribution is -2.57. The van der Waals surface area contributed by atoms with Crippen LogP contribution >= 0.6 is 23.2 Å². The summed E-state index contributed by atoms with van der Waals surface area (Å²) in [6, 6.07) is 29.4. The van der Waals surface area contributed by atoms with Crippen molar-refractivity contribution in [2.45, 2.75) is 29.1 Å². The molecular formula is C35H26Cl2N2O4. The summed E-state index contributed by atoms with van der Waals surface area (Å²) < 4.78 is 0. The monoisotopic (exact) mass is 608 g/mol. The highest BCUT2D eigenvalue weighted by Gasteiger charge is 2.73. The van der Waals surface area contributed by atoms with Gasteiger partial charge in [0, 0.05) is 17.7 Å². The highest BCUT2D eigenvalue weighted by molar-refractivity contribution is 6.36. The molecule has 0 saturated carbocycles. The van der Waals surface area contributed by atoms with Crippen molar-refractivity contribution in [1.82, 2.24) is 4.90 Å². The van der Waals surface area contributed by atoms with Gasteiger partial charge in [0.25, 0.3) is 0 Å². The number of halogens is 2. The van der Waals surface area contributed by atoms with Crippen molar-refractivity contribution >= 4 is 52.4 Å². The maximum Gasteiger partial charge on any atom is 0.248 e. The summed E-state index contributed by atoms with van der Waals surface area (Å²) in [5, 5.41) is 2.84. The number of ketones is 1. The third-order valence-corrected chi connectivity index (χ3v) is 10.3. The lowest BCUT2D eigenvalue weighted by molar-refractivity contribution is -0.146. The van der Waals surface area contributed by atoms with E-state index < -0.39 is 45.3 Å². The van der Waals surface area contributed by atoms with E-state index in [1.54, 1.807) is 24.3 Å². The fourth-order valence-corrected chi connectivity index (χ4v) is 8.27. The van der Waals surface area contributed by atoms with E-state index in [4.69, 9.17) is 23.2 Å². The van der Waals surface area contributed by atoms with E-state index in [-0.39, 0.29) is 12.2 Å². The van der Waals surface area contributed by atoms with Crippen molar-refractivity contribution in [3.63, 3.8) is 0 Å². The summed E-state index contributed by atoms with van der Waals surface area (Å²) in [5.41, 5.74) is 4.36. The van der Waals surface area contributed by atoms with Crippen molar-refractivity contribution in [3.8, 4) is 0 Å². The molecule has 1 N–H and O–H groups in total. The second kappa shape index (κ2) is 9.90. The molecule has 0 aromatic heterocycles. The van der Waals surface area contributed by atoms with E-state index in [2.05, 4.69) is 5.32 Å². The number of nitrogens with zero attached hydrogens (tertiary/aromatic N) is 1. The van der Waals surface area contributed by atoms with Crippen LogP contribution in [0.5, 0.6) is 0 Å². The van der Waals surface area contributed by atoms with Gasteiger partial charge in [-0.15, -0.1) is 23.2 Å². The normalized spacial score (nSPS) is 25.5. The average molecular weight is 610 g/mol. The highest BCUT2D eigenvalue weighted by Crippen LogP contribution is 2.69. The zero-order valence-corrected chi connectivity index (χ0v) is 24.6. The summed E-state index contributed by atoms with van der Waals surface area (Å²) in [5.74, 6) is -3.81. The third kappa shape index (κ3) is 3.86. The minimum atomic E-state index is -1.35. The van der Waals surface area contributed by atoms with Gasteiger partial charge in [0.05, 0.1) is 11.8 Å². The Kier molecular flexibility index (Phi) is 6.35. The van der Waals surface area contributed by atoms with Gasteiger partial charge in [-0.1, -0.05) is 91.0 Å². The quantitative estimate of drug-likeness (QED) is 0.164. The van der Waals surface area contributed by atoms with Gasteiger partial charge in [-0.2, -0.15) is 0 Å². The molecular weight excluding hydrogens is 583 g/mol. The molecule has 4 aliphatic rings. The predicted octanol–water partition coefficient (Wildman–Crippen LogP) is 6.03. The van der Waals surface area contributed by atoms with Gasteiger partial charge in [-0.25, -0.2) is 0 Å². The number of hydrogen-bond donors (Lipinski definition) is 1. The standard InChI is InChI=1S/C35H26Cl2N2O4/c1-20(40)22-12-9-13-23(19-22)38-31(41)28(18-21-10-3-2-4-11-21)39-32(42)29-30(33(39)43)35(37)25-15-6-5-14-24(25)34(29,36)26-16-7-8-17-27(26)35/h2-17,19,28-30H,18H2,1H3,(H,38,41)/t28-,29-,30+,34?,35?/m0/s1. The number of anilines is 1. The van der Waals surface area contributed by atoms with Crippen LogP contribution in [0.15, 0.2) is 103 Å². The van der Waals surface area contributed by atoms with Crippen LogP contribution in [0.2, 0.25) is 0 Å². The van der Waals surface area contributed by atoms with Crippen LogP contribution in [0.3, 0.4) is 0 Å². The zero-order valence-electron chi connectivity index (χ0n) is 23.1. The molecule has 2 bridgehead atoms. The maximum absolute atomic E-state index is 14.6. The molecule has 1 aliphatic heterocycles. The third-order valence-electron chi connectivity index (χ3n) is 9.04. The average Bonchev–Trinajstić information content (AvgIpc) is 3.29. The van der Waals surface area contributed by atoms with Gasteiger partial charge < -0.3 is 5.32 Å². The Morgan fingerprint density at radius 3 is 1.72 bits per heavy atom. The Bertz CT molecular complexity index is 1720. The van der Waals surface area contributed by atoms with E-state index >= 15 is 0 Å². The number of amides is 3. The van der Waals surface area contributed by atoms with Crippen LogP contribution in [-0.4, -0.2) is 34.4 Å². The number of hydrogen-bond acceptors (Lipinski definition) is 4. The largest absolute Gasteiger partial charge is 0.324 e. The molecule has 3 amide bonds. The number of likely N-dealkylation sites (tertiary alicyclic amines) is 1. The lowest BCUT2D eigenvalue weighted by atomic mass is 9.54. The van der Waals surface area contributed by atoms with Gasteiger partial charge in [-0.05, 0) is 46.9 Å². The van der Waals surface area contributed by atoms with Crippen molar-refractivity contribution < 1.29 is 19.2 Å². The van der Waals surface area contributed by atoms with Crippen LogP contribution in [0.25, 0.3) is 0 Å². The molecule has 0 radical (unpaired) electrons. The van der Waals surface area contributed by atoms with Gasteiger partial charge in [0.2, 0.25) is 17.7 Å². The maximum atomic E-state index is 14.6. The second-order valence-corrected chi connectivity index (χ2v) is 12.5. The Labute approximate surface area is 258 Å². The molecule has 1 heterocycles. The molecule has 4 aromatic rings. The van der Waals surface area contributed by atoms with Crippen LogP contribution < -0.4 is 5.32 Å². The second-order valence-electron chi connectivity index (χ2n) is 11.3. The molecule has 43 heavy (non-hydrogen) atoms. The van der Waals surface area contributed by atoms with Gasteiger partial charge >= 0.3 is 0 Å². The molecule has 1 saturated heterocycles. The van der Waals surface area contributed by atoms with E-state index in [0.717, 1.165) is 10.5 Å². The molecule has 3 atom stereocenters. The zero-order chi connectivity index (χ0) is 30.1. The Hall–Kier alpha value is -4.26. The smallest absolute Gasteiger partial charge is 0.248 e. The molecule has 4 aromatic carbocycles. The summed E-state index contributed by atoms with van der Waals surface area (Å²) in [7, 11) is 0. The number of alkyl halides is 2. The number of carbonyl (C=O) groups is 4. The fraction of sp³-hybridized carbons (Fsp3) is 0.200. The Morgan fingerprint density at radius 1 is 0.744 bits per heavy atom. The molecule has 0 unspecified atom stereocenters. The van der Waals surface area contributed by atoms with Crippen molar-refractivity contribution in [1.29, 1.82) is 0 Å². The molecule has 8 heteroatoms. The van der Waals surface area contributed by atoms with Gasteiger partial charge in [0.1, 0.15) is 15.8 Å². The first-order valence-corrected chi connectivity index (χ1v) is 14.8. The molecule has 8 rings (SSSR count). The van der Waals surface area contributed by atoms with Gasteiger partial charge in [-0.3, -0.25) is 24.1 Å². The van der Waals surface area contributed by atoms with E-state index in [1.165, 1.54) is 6.92 Å². The summed E-state index contributed by atoms with van der Waals surface area (Å²) in [6.07, 6.45) is 0.0838. The number of carbonyl (C=O) groups excluding carboxylic acids is 4. The molecule has 0 spiro atoms. The molecule has 3 aliphatic carbocycles. The van der Waals surface area contributed by atoms with Crippen LogP contribution in [0.4, 0.5) is 5.69 Å². The van der Waals surface area contributed by atoms with E-state index in [0.29, 0.717) is 33.5 Å².